The van der Waals surface area contributed by atoms with E-state index in [9.17, 15) is 14.7 Å². The standard InChI is InChI=1S/C26H20ClNO6/c1-14-10-17(25(32-2)18(27)11-14)23(29)21-22(15-6-4-3-5-7-15)28(26(31)24(21)30)16-8-9-19-20(12-16)34-13-33-19/h3-12,22,29H,13H2,1-2H3/b23-21+. The summed E-state index contributed by atoms with van der Waals surface area (Å²) in [5.74, 6) is -0.714. The van der Waals surface area contributed by atoms with E-state index >= 15 is 0 Å². The number of benzene rings is 3. The number of hydrogen-bond acceptors (Lipinski definition) is 6. The number of aliphatic hydroxyl groups excluding tert-OH is 1. The molecule has 3 aromatic rings. The molecule has 8 heteroatoms. The van der Waals surface area contributed by atoms with Crippen molar-refractivity contribution < 1.29 is 28.9 Å². The van der Waals surface area contributed by atoms with Gasteiger partial charge >= 0.3 is 0 Å². The highest BCUT2D eigenvalue weighted by atomic mass is 35.5. The van der Waals surface area contributed by atoms with Crippen molar-refractivity contribution in [2.45, 2.75) is 13.0 Å². The predicted molar refractivity (Wildman–Crippen MR) is 127 cm³/mol. The van der Waals surface area contributed by atoms with Crippen molar-refractivity contribution >= 4 is 34.7 Å². The van der Waals surface area contributed by atoms with Crippen molar-refractivity contribution in [2.75, 3.05) is 18.8 Å². The largest absolute Gasteiger partial charge is 0.507 e. The smallest absolute Gasteiger partial charge is 0.300 e. The first-order chi connectivity index (χ1) is 16.4. The van der Waals surface area contributed by atoms with Gasteiger partial charge in [0.1, 0.15) is 11.5 Å². The van der Waals surface area contributed by atoms with Crippen LogP contribution in [-0.2, 0) is 9.59 Å². The highest BCUT2D eigenvalue weighted by molar-refractivity contribution is 6.51. The molecule has 5 rings (SSSR count). The van der Waals surface area contributed by atoms with Crippen LogP contribution in [0.4, 0.5) is 5.69 Å². The highest BCUT2D eigenvalue weighted by Gasteiger charge is 2.47. The lowest BCUT2D eigenvalue weighted by atomic mass is 9.94. The fourth-order valence-corrected chi connectivity index (χ4v) is 4.69. The van der Waals surface area contributed by atoms with Gasteiger partial charge in [0.15, 0.2) is 11.5 Å². The quantitative estimate of drug-likeness (QED) is 0.323. The van der Waals surface area contributed by atoms with Crippen molar-refractivity contribution in [3.8, 4) is 17.2 Å². The molecule has 1 fully saturated rings. The molecule has 0 aromatic heterocycles. The summed E-state index contributed by atoms with van der Waals surface area (Å²) in [6.07, 6.45) is 0. The number of fused-ring (bicyclic) bond motifs is 1. The molecule has 0 saturated carbocycles. The Hall–Kier alpha value is -3.97. The number of hydrogen-bond donors (Lipinski definition) is 1. The van der Waals surface area contributed by atoms with Crippen molar-refractivity contribution in [1.29, 1.82) is 0 Å². The van der Waals surface area contributed by atoms with Gasteiger partial charge in [-0.05, 0) is 42.3 Å². The third-order valence-electron chi connectivity index (χ3n) is 5.84. The van der Waals surface area contributed by atoms with E-state index in [1.807, 2.05) is 13.0 Å². The average Bonchev–Trinajstić information content (AvgIpc) is 3.40. The zero-order valence-corrected chi connectivity index (χ0v) is 19.1. The number of nitrogens with zero attached hydrogens (tertiary/aromatic N) is 1. The van der Waals surface area contributed by atoms with Gasteiger partial charge in [-0.15, -0.1) is 0 Å². The number of ether oxygens (including phenoxy) is 3. The molecule has 0 bridgehead atoms. The lowest BCUT2D eigenvalue weighted by Gasteiger charge is -2.25. The van der Waals surface area contributed by atoms with Crippen LogP contribution in [0.5, 0.6) is 17.2 Å². The summed E-state index contributed by atoms with van der Waals surface area (Å²) in [7, 11) is 1.42. The van der Waals surface area contributed by atoms with Gasteiger partial charge in [0.2, 0.25) is 6.79 Å². The van der Waals surface area contributed by atoms with E-state index in [1.54, 1.807) is 54.6 Å². The molecule has 7 nitrogen and oxygen atoms in total. The maximum absolute atomic E-state index is 13.4. The van der Waals surface area contributed by atoms with E-state index in [1.165, 1.54) is 12.0 Å². The van der Waals surface area contributed by atoms with Gasteiger partial charge in [-0.25, -0.2) is 0 Å². The lowest BCUT2D eigenvalue weighted by Crippen LogP contribution is -2.29. The van der Waals surface area contributed by atoms with Gasteiger partial charge in [0, 0.05) is 11.8 Å². The fourth-order valence-electron chi connectivity index (χ4n) is 4.34. The van der Waals surface area contributed by atoms with E-state index in [-0.39, 0.29) is 34.5 Å². The molecule has 2 heterocycles. The third-order valence-corrected chi connectivity index (χ3v) is 6.12. The summed E-state index contributed by atoms with van der Waals surface area (Å²) in [4.78, 5) is 28.0. The van der Waals surface area contributed by atoms with Gasteiger partial charge in [-0.3, -0.25) is 14.5 Å². The molecule has 1 saturated heterocycles. The lowest BCUT2D eigenvalue weighted by molar-refractivity contribution is -0.132. The fraction of sp³-hybridized carbons (Fsp3) is 0.154. The van der Waals surface area contributed by atoms with E-state index in [4.69, 9.17) is 25.8 Å². The number of halogens is 1. The molecular weight excluding hydrogens is 458 g/mol. The Balaban J connectivity index is 1.74. The summed E-state index contributed by atoms with van der Waals surface area (Å²) in [6.45, 7) is 1.88. The summed E-state index contributed by atoms with van der Waals surface area (Å²) in [6, 6.07) is 16.5. The number of anilines is 1. The number of rotatable bonds is 4. The van der Waals surface area contributed by atoms with E-state index in [0.29, 0.717) is 22.7 Å². The molecule has 0 radical (unpaired) electrons. The number of aliphatic hydroxyl groups is 1. The van der Waals surface area contributed by atoms with Gasteiger partial charge < -0.3 is 19.3 Å². The molecular formula is C26H20ClNO6. The van der Waals surface area contributed by atoms with Crippen LogP contribution in [0.15, 0.2) is 66.2 Å². The van der Waals surface area contributed by atoms with E-state index in [0.717, 1.165) is 5.56 Å². The van der Waals surface area contributed by atoms with Crippen molar-refractivity contribution in [2.24, 2.45) is 0 Å². The van der Waals surface area contributed by atoms with Crippen LogP contribution >= 0.6 is 11.6 Å². The van der Waals surface area contributed by atoms with E-state index < -0.39 is 17.7 Å². The molecule has 172 valence electrons. The predicted octanol–water partition coefficient (Wildman–Crippen LogP) is 5.01. The normalized spacial score (nSPS) is 18.4. The molecule has 1 amide bonds. The number of Topliss-reactive ketones (excluding diaryl/α,β-unsaturated/α-hetero) is 1. The zero-order valence-electron chi connectivity index (χ0n) is 18.4. The maximum atomic E-state index is 13.4. The van der Waals surface area contributed by atoms with Crippen LogP contribution < -0.4 is 19.1 Å². The Labute approximate surface area is 200 Å². The second-order valence-electron chi connectivity index (χ2n) is 7.94. The SMILES string of the molecule is COc1c(Cl)cc(C)cc1/C(O)=C1\C(=O)C(=O)N(c2ccc3c(c2)OCO3)C1c1ccccc1. The Morgan fingerprint density at radius 1 is 1.06 bits per heavy atom. The van der Waals surface area contributed by atoms with Gasteiger partial charge in [-0.2, -0.15) is 0 Å². The summed E-state index contributed by atoms with van der Waals surface area (Å²) >= 11 is 6.34. The minimum absolute atomic E-state index is 0.0613. The second-order valence-corrected chi connectivity index (χ2v) is 8.35. The zero-order chi connectivity index (χ0) is 24.0. The third kappa shape index (κ3) is 3.45. The van der Waals surface area contributed by atoms with E-state index in [2.05, 4.69) is 0 Å². The number of aryl methyl sites for hydroxylation is 1. The topological polar surface area (TPSA) is 85.3 Å². The van der Waals surface area contributed by atoms with Crippen LogP contribution in [-0.4, -0.2) is 30.7 Å². The number of carbonyl (C=O) groups is 2. The average molecular weight is 478 g/mol. The van der Waals surface area contributed by atoms with Crippen LogP contribution in [0, 0.1) is 6.92 Å². The number of amides is 1. The molecule has 3 aromatic carbocycles. The number of carbonyl (C=O) groups excluding carboxylic acids is 2. The first-order valence-electron chi connectivity index (χ1n) is 10.5. The minimum atomic E-state index is -0.884. The van der Waals surface area contributed by atoms with Crippen molar-refractivity contribution in [3.63, 3.8) is 0 Å². The van der Waals surface area contributed by atoms with Crippen molar-refractivity contribution in [1.82, 2.24) is 0 Å². The van der Waals surface area contributed by atoms with Crippen LogP contribution in [0.3, 0.4) is 0 Å². The summed E-state index contributed by atoms with van der Waals surface area (Å²) in [5, 5.41) is 11.7. The Morgan fingerprint density at radius 2 is 1.79 bits per heavy atom. The van der Waals surface area contributed by atoms with Crippen LogP contribution in [0.25, 0.3) is 5.76 Å². The number of ketones is 1. The molecule has 0 aliphatic carbocycles. The maximum Gasteiger partial charge on any atom is 0.300 e. The van der Waals surface area contributed by atoms with Gasteiger partial charge in [0.05, 0.1) is 29.3 Å². The number of methoxy groups -OCH3 is 1. The second kappa shape index (κ2) is 8.43. The first kappa shape index (κ1) is 21.9. The molecule has 1 N–H and O–H groups in total. The van der Waals surface area contributed by atoms with Crippen molar-refractivity contribution in [3.05, 3.63) is 87.9 Å². The van der Waals surface area contributed by atoms with Gasteiger partial charge in [0.25, 0.3) is 11.7 Å². The van der Waals surface area contributed by atoms with Crippen LogP contribution in [0.2, 0.25) is 5.02 Å². The van der Waals surface area contributed by atoms with Crippen LogP contribution in [0.1, 0.15) is 22.7 Å². The van der Waals surface area contributed by atoms with Gasteiger partial charge in [-0.1, -0.05) is 41.9 Å². The Morgan fingerprint density at radius 3 is 2.53 bits per heavy atom. The molecule has 2 aliphatic rings. The molecule has 1 unspecified atom stereocenters. The summed E-state index contributed by atoms with van der Waals surface area (Å²) in [5.41, 5.74) is 2.02. The Bertz CT molecular complexity index is 1350. The summed E-state index contributed by atoms with van der Waals surface area (Å²) < 4.78 is 16.2. The Kier molecular flexibility index (Phi) is 5.42. The monoisotopic (exact) mass is 477 g/mol. The molecule has 2 aliphatic heterocycles. The molecule has 0 spiro atoms. The molecule has 1 atom stereocenters. The first-order valence-corrected chi connectivity index (χ1v) is 10.9. The molecule has 34 heavy (non-hydrogen) atoms. The highest BCUT2D eigenvalue weighted by Crippen LogP contribution is 2.46. The minimum Gasteiger partial charge on any atom is -0.507 e.